The molecule has 2 aromatic carbocycles. The average Bonchev–Trinajstić information content (AvgIpc) is 2.53. The quantitative estimate of drug-likeness (QED) is 0.922. The lowest BCUT2D eigenvalue weighted by molar-refractivity contribution is 0.0950. The topological polar surface area (TPSA) is 47.6 Å². The molecule has 0 unspecified atom stereocenters. The molecule has 0 fully saturated rings. The molecule has 22 heavy (non-hydrogen) atoms. The average molecular weight is 299 g/mol. The Morgan fingerprint density at radius 3 is 2.36 bits per heavy atom. The molecule has 4 nitrogen and oxygen atoms in total. The van der Waals surface area contributed by atoms with Crippen molar-refractivity contribution in [2.75, 3.05) is 14.2 Å². The summed E-state index contributed by atoms with van der Waals surface area (Å²) in [5.41, 5.74) is 4.04. The molecule has 0 saturated carbocycles. The van der Waals surface area contributed by atoms with Crippen LogP contribution < -0.4 is 14.8 Å². The molecule has 0 saturated heterocycles. The molecule has 0 aromatic heterocycles. The highest BCUT2D eigenvalue weighted by molar-refractivity contribution is 5.94. The minimum Gasteiger partial charge on any atom is -0.493 e. The van der Waals surface area contributed by atoms with Crippen molar-refractivity contribution in [2.24, 2.45) is 0 Å². The third-order valence-electron chi connectivity index (χ3n) is 3.58. The Labute approximate surface area is 131 Å². The number of hydrogen-bond donors (Lipinski definition) is 1. The van der Waals surface area contributed by atoms with Gasteiger partial charge in [0, 0.05) is 12.1 Å². The molecule has 0 atom stereocenters. The smallest absolute Gasteiger partial charge is 0.251 e. The Balaban J connectivity index is 2.09. The van der Waals surface area contributed by atoms with Gasteiger partial charge in [0.15, 0.2) is 11.5 Å². The number of aryl methyl sites for hydroxylation is 2. The van der Waals surface area contributed by atoms with Crippen LogP contribution in [0.3, 0.4) is 0 Å². The van der Waals surface area contributed by atoms with Crippen molar-refractivity contribution in [3.05, 3.63) is 58.7 Å². The molecule has 0 aliphatic carbocycles. The second-order valence-electron chi connectivity index (χ2n) is 5.18. The molecule has 0 aliphatic rings. The van der Waals surface area contributed by atoms with E-state index < -0.39 is 0 Å². The van der Waals surface area contributed by atoms with E-state index in [4.69, 9.17) is 9.47 Å². The summed E-state index contributed by atoms with van der Waals surface area (Å²) in [6.07, 6.45) is 0. The van der Waals surface area contributed by atoms with Crippen LogP contribution in [0.2, 0.25) is 0 Å². The first-order chi connectivity index (χ1) is 10.5. The third-order valence-corrected chi connectivity index (χ3v) is 3.58. The summed E-state index contributed by atoms with van der Waals surface area (Å²) < 4.78 is 10.4. The van der Waals surface area contributed by atoms with Crippen molar-refractivity contribution in [1.29, 1.82) is 0 Å². The second-order valence-corrected chi connectivity index (χ2v) is 5.18. The zero-order valence-corrected chi connectivity index (χ0v) is 13.4. The largest absolute Gasteiger partial charge is 0.493 e. The molecule has 1 amide bonds. The number of carbonyl (C=O) groups excluding carboxylic acids is 1. The van der Waals surface area contributed by atoms with Crippen LogP contribution in [0.15, 0.2) is 36.4 Å². The maximum atomic E-state index is 12.3. The Bertz CT molecular complexity index is 680. The summed E-state index contributed by atoms with van der Waals surface area (Å²) in [5, 5.41) is 2.93. The third kappa shape index (κ3) is 3.58. The molecule has 4 heteroatoms. The van der Waals surface area contributed by atoms with Crippen molar-refractivity contribution in [1.82, 2.24) is 5.32 Å². The van der Waals surface area contributed by atoms with Crippen LogP contribution in [-0.2, 0) is 6.54 Å². The molecule has 0 aliphatic heterocycles. The van der Waals surface area contributed by atoms with Gasteiger partial charge in [-0.2, -0.15) is 0 Å². The Morgan fingerprint density at radius 1 is 1.00 bits per heavy atom. The van der Waals surface area contributed by atoms with Crippen LogP contribution in [0.1, 0.15) is 27.0 Å². The molecule has 0 radical (unpaired) electrons. The monoisotopic (exact) mass is 299 g/mol. The van der Waals surface area contributed by atoms with Gasteiger partial charge in [-0.25, -0.2) is 0 Å². The SMILES string of the molecule is COc1ccc(C(=O)NCc2ccc(C)cc2C)cc1OC. The molecule has 2 aromatic rings. The van der Waals surface area contributed by atoms with Crippen molar-refractivity contribution in [2.45, 2.75) is 20.4 Å². The van der Waals surface area contributed by atoms with Gasteiger partial charge in [0.25, 0.3) is 5.91 Å². The Kier molecular flexibility index (Phi) is 5.04. The van der Waals surface area contributed by atoms with Crippen LogP contribution in [0, 0.1) is 13.8 Å². The second kappa shape index (κ2) is 6.98. The minimum atomic E-state index is -0.138. The van der Waals surface area contributed by atoms with Gasteiger partial charge in [0.05, 0.1) is 14.2 Å². The van der Waals surface area contributed by atoms with Gasteiger partial charge in [0.1, 0.15) is 0 Å². The number of rotatable bonds is 5. The fourth-order valence-electron chi connectivity index (χ4n) is 2.30. The van der Waals surface area contributed by atoms with Crippen molar-refractivity contribution in [3.63, 3.8) is 0 Å². The van der Waals surface area contributed by atoms with Crippen molar-refractivity contribution < 1.29 is 14.3 Å². The number of methoxy groups -OCH3 is 2. The summed E-state index contributed by atoms with van der Waals surface area (Å²) in [6.45, 7) is 4.60. The van der Waals surface area contributed by atoms with E-state index in [1.54, 1.807) is 32.4 Å². The van der Waals surface area contributed by atoms with Gasteiger partial charge in [-0.3, -0.25) is 4.79 Å². The van der Waals surface area contributed by atoms with E-state index in [1.165, 1.54) is 11.1 Å². The van der Waals surface area contributed by atoms with Crippen molar-refractivity contribution >= 4 is 5.91 Å². The number of carbonyl (C=O) groups is 1. The highest BCUT2D eigenvalue weighted by Gasteiger charge is 2.11. The van der Waals surface area contributed by atoms with E-state index in [9.17, 15) is 4.79 Å². The first kappa shape index (κ1) is 15.9. The molecular formula is C18H21NO3. The number of nitrogens with one attached hydrogen (secondary N) is 1. The van der Waals surface area contributed by atoms with E-state index in [0.29, 0.717) is 23.6 Å². The fraction of sp³-hybridized carbons (Fsp3) is 0.278. The van der Waals surface area contributed by atoms with Gasteiger partial charge in [-0.05, 0) is 43.2 Å². The van der Waals surface area contributed by atoms with Crippen molar-refractivity contribution in [3.8, 4) is 11.5 Å². The summed E-state index contributed by atoms with van der Waals surface area (Å²) in [7, 11) is 3.12. The highest BCUT2D eigenvalue weighted by Crippen LogP contribution is 2.27. The molecular weight excluding hydrogens is 278 g/mol. The predicted molar refractivity (Wildman–Crippen MR) is 86.6 cm³/mol. The minimum absolute atomic E-state index is 0.138. The number of benzene rings is 2. The first-order valence-electron chi connectivity index (χ1n) is 7.11. The molecule has 0 bridgehead atoms. The molecule has 0 spiro atoms. The first-order valence-corrected chi connectivity index (χ1v) is 7.11. The summed E-state index contributed by atoms with van der Waals surface area (Å²) in [4.78, 5) is 12.3. The molecule has 1 N–H and O–H groups in total. The van der Waals surface area contributed by atoms with Crippen LogP contribution in [0.5, 0.6) is 11.5 Å². The lowest BCUT2D eigenvalue weighted by Crippen LogP contribution is -2.23. The predicted octanol–water partition coefficient (Wildman–Crippen LogP) is 3.25. The Morgan fingerprint density at radius 2 is 1.73 bits per heavy atom. The Hall–Kier alpha value is -2.49. The van der Waals surface area contributed by atoms with E-state index in [1.807, 2.05) is 19.1 Å². The molecule has 0 heterocycles. The number of amides is 1. The van der Waals surface area contributed by atoms with Crippen LogP contribution >= 0.6 is 0 Å². The zero-order chi connectivity index (χ0) is 16.1. The standard InChI is InChI=1S/C18H21NO3/c1-12-5-6-15(13(2)9-12)11-19-18(20)14-7-8-16(21-3)17(10-14)22-4/h5-10H,11H2,1-4H3,(H,19,20). The van der Waals surface area contributed by atoms with E-state index in [-0.39, 0.29) is 5.91 Å². The summed E-state index contributed by atoms with van der Waals surface area (Å²) in [6, 6.07) is 11.3. The van der Waals surface area contributed by atoms with Gasteiger partial charge in [-0.15, -0.1) is 0 Å². The lowest BCUT2D eigenvalue weighted by atomic mass is 10.1. The van der Waals surface area contributed by atoms with Gasteiger partial charge in [-0.1, -0.05) is 23.8 Å². The maximum Gasteiger partial charge on any atom is 0.251 e. The summed E-state index contributed by atoms with van der Waals surface area (Å²) in [5.74, 6) is 1.01. The number of hydrogen-bond acceptors (Lipinski definition) is 3. The van der Waals surface area contributed by atoms with E-state index >= 15 is 0 Å². The summed E-state index contributed by atoms with van der Waals surface area (Å²) >= 11 is 0. The van der Waals surface area contributed by atoms with Gasteiger partial charge in [0.2, 0.25) is 0 Å². The van der Waals surface area contributed by atoms with Crippen LogP contribution in [-0.4, -0.2) is 20.1 Å². The number of ether oxygens (including phenoxy) is 2. The van der Waals surface area contributed by atoms with E-state index in [2.05, 4.69) is 18.3 Å². The lowest BCUT2D eigenvalue weighted by Gasteiger charge is -2.11. The zero-order valence-electron chi connectivity index (χ0n) is 13.4. The van der Waals surface area contributed by atoms with Crippen LogP contribution in [0.4, 0.5) is 0 Å². The molecule has 116 valence electrons. The normalized spacial score (nSPS) is 10.2. The maximum absolute atomic E-state index is 12.3. The van der Waals surface area contributed by atoms with Gasteiger partial charge < -0.3 is 14.8 Å². The van der Waals surface area contributed by atoms with Gasteiger partial charge >= 0.3 is 0 Å². The van der Waals surface area contributed by atoms with E-state index in [0.717, 1.165) is 5.56 Å². The molecule has 2 rings (SSSR count). The van der Waals surface area contributed by atoms with Crippen LogP contribution in [0.25, 0.3) is 0 Å². The highest BCUT2D eigenvalue weighted by atomic mass is 16.5. The fourth-order valence-corrected chi connectivity index (χ4v) is 2.30.